The van der Waals surface area contributed by atoms with Crippen molar-refractivity contribution in [1.82, 2.24) is 4.90 Å². The number of amides is 2. The molecule has 1 aromatic heterocycles. The van der Waals surface area contributed by atoms with Gasteiger partial charge in [-0.1, -0.05) is 24.5 Å². The first-order valence-corrected chi connectivity index (χ1v) is 13.7. The molecule has 4 rings (SSSR count). The number of carboxylic acids is 1. The number of fused-ring (bicyclic) bond motifs is 3. The Labute approximate surface area is 223 Å². The van der Waals surface area contributed by atoms with Crippen LogP contribution < -0.4 is 0 Å². The maximum absolute atomic E-state index is 13.5. The first kappa shape index (κ1) is 28.3. The Bertz CT molecular complexity index is 1110. The molecular weight excluding hydrogens is 489 g/mol. The van der Waals surface area contributed by atoms with Crippen LogP contribution in [-0.4, -0.2) is 57.7 Å². The average molecular weight is 527 g/mol. The molecule has 2 fully saturated rings. The number of hydrogen-bond acceptors (Lipinski definition) is 7. The van der Waals surface area contributed by atoms with Gasteiger partial charge in [-0.3, -0.25) is 19.3 Å². The molecule has 38 heavy (non-hydrogen) atoms. The summed E-state index contributed by atoms with van der Waals surface area (Å²) in [6.45, 7) is 4.22. The van der Waals surface area contributed by atoms with Gasteiger partial charge in [0.25, 0.3) is 0 Å². The van der Waals surface area contributed by atoms with E-state index in [-0.39, 0.29) is 36.9 Å². The predicted molar refractivity (Wildman–Crippen MR) is 140 cm³/mol. The Kier molecular flexibility index (Phi) is 9.28. The number of carboxylic acid groups (broad SMARTS) is 1. The molecular formula is C28H38BNO8. The minimum Gasteiger partial charge on any atom is -0.481 e. The van der Waals surface area contributed by atoms with Crippen molar-refractivity contribution < 1.29 is 38.7 Å². The number of likely N-dealkylation sites (tertiary alicyclic amines) is 1. The van der Waals surface area contributed by atoms with Crippen LogP contribution >= 0.6 is 0 Å². The van der Waals surface area contributed by atoms with Crippen molar-refractivity contribution in [2.24, 2.45) is 17.8 Å². The number of carbonyl (C=O) groups is 3. The number of aliphatic carboxylic acids is 1. The number of hydrogen-bond donors (Lipinski definition) is 3. The summed E-state index contributed by atoms with van der Waals surface area (Å²) < 4.78 is 11.6. The van der Waals surface area contributed by atoms with E-state index >= 15 is 0 Å². The van der Waals surface area contributed by atoms with E-state index < -0.39 is 24.9 Å². The van der Waals surface area contributed by atoms with Crippen LogP contribution in [-0.2, 0) is 25.6 Å². The maximum atomic E-state index is 13.5. The molecule has 206 valence electrons. The zero-order valence-corrected chi connectivity index (χ0v) is 22.2. The molecule has 3 N–H and O–H groups in total. The van der Waals surface area contributed by atoms with Gasteiger partial charge in [0.05, 0.1) is 17.9 Å². The van der Waals surface area contributed by atoms with Crippen molar-refractivity contribution in [1.29, 1.82) is 0 Å². The van der Waals surface area contributed by atoms with E-state index in [0.29, 0.717) is 62.9 Å². The van der Waals surface area contributed by atoms with Gasteiger partial charge >= 0.3 is 13.1 Å². The van der Waals surface area contributed by atoms with Crippen LogP contribution in [0.5, 0.6) is 0 Å². The first-order valence-electron chi connectivity index (χ1n) is 13.7. The molecule has 0 bridgehead atoms. The smallest absolute Gasteiger partial charge is 0.455 e. The van der Waals surface area contributed by atoms with Crippen LogP contribution in [0.3, 0.4) is 0 Å². The lowest BCUT2D eigenvalue weighted by molar-refractivity contribution is -0.141. The molecule has 9 nitrogen and oxygen atoms in total. The minimum atomic E-state index is -1.000. The van der Waals surface area contributed by atoms with Crippen molar-refractivity contribution in [3.05, 3.63) is 40.4 Å². The van der Waals surface area contributed by atoms with Crippen LogP contribution in [0.4, 0.5) is 0 Å². The van der Waals surface area contributed by atoms with Crippen molar-refractivity contribution in [2.45, 2.75) is 84.2 Å². The lowest BCUT2D eigenvalue weighted by atomic mass is 9.58. The molecule has 10 heteroatoms. The summed E-state index contributed by atoms with van der Waals surface area (Å²) in [5.41, 5.74) is 3.30. The van der Waals surface area contributed by atoms with Crippen molar-refractivity contribution in [2.75, 3.05) is 6.54 Å². The number of allylic oxidation sites excluding steroid dienone is 2. The summed E-state index contributed by atoms with van der Waals surface area (Å²) in [5, 5.41) is 28.7. The highest BCUT2D eigenvalue weighted by Gasteiger charge is 2.56. The molecule has 0 unspecified atom stereocenters. The number of aliphatic hydroxyl groups excluding tert-OH is 1. The molecule has 1 aromatic rings. The van der Waals surface area contributed by atoms with Gasteiger partial charge in [-0.15, -0.1) is 0 Å². The van der Waals surface area contributed by atoms with E-state index in [1.165, 1.54) is 4.90 Å². The number of rotatable bonds is 12. The number of imide groups is 1. The van der Waals surface area contributed by atoms with Crippen LogP contribution in [0.15, 0.2) is 33.3 Å². The van der Waals surface area contributed by atoms with Crippen LogP contribution in [0.1, 0.15) is 76.7 Å². The fraction of sp³-hybridized carbons (Fsp3) is 0.607. The van der Waals surface area contributed by atoms with Gasteiger partial charge in [0.1, 0.15) is 18.1 Å². The number of carbonyl (C=O) groups excluding carboxylic acids is 2. The lowest BCUT2D eigenvalue weighted by Crippen LogP contribution is -2.46. The molecule has 4 atom stereocenters. The number of unbranched alkanes of at least 4 members (excludes halogenated alkanes) is 2. The summed E-state index contributed by atoms with van der Waals surface area (Å²) in [7, 11) is -1.000. The van der Waals surface area contributed by atoms with Crippen molar-refractivity contribution in [3.63, 3.8) is 0 Å². The Hall–Kier alpha value is -2.69. The largest absolute Gasteiger partial charge is 0.481 e. The second-order valence-corrected chi connectivity index (χ2v) is 10.7. The quantitative estimate of drug-likeness (QED) is 0.162. The third-order valence-electron chi connectivity index (χ3n) is 8.13. The van der Waals surface area contributed by atoms with E-state index in [4.69, 9.17) is 14.2 Å². The van der Waals surface area contributed by atoms with Crippen molar-refractivity contribution in [3.8, 4) is 0 Å². The minimum absolute atomic E-state index is 0.0848. The van der Waals surface area contributed by atoms with Gasteiger partial charge in [-0.25, -0.2) is 0 Å². The number of furan rings is 1. The number of aliphatic hydroxyl groups is 1. The van der Waals surface area contributed by atoms with Crippen LogP contribution in [0.25, 0.3) is 6.08 Å². The molecule has 0 saturated carbocycles. The molecule has 2 amide bonds. The summed E-state index contributed by atoms with van der Waals surface area (Å²) in [4.78, 5) is 38.9. The second-order valence-electron chi connectivity index (χ2n) is 10.7. The molecule has 0 aromatic carbocycles. The van der Waals surface area contributed by atoms with E-state index in [0.717, 1.165) is 23.1 Å². The van der Waals surface area contributed by atoms with Gasteiger partial charge < -0.3 is 24.3 Å². The lowest BCUT2D eigenvalue weighted by Gasteiger charge is -2.43. The molecule has 3 heterocycles. The Morgan fingerprint density at radius 3 is 2.63 bits per heavy atom. The summed E-state index contributed by atoms with van der Waals surface area (Å²) in [5.74, 6) is -1.09. The summed E-state index contributed by atoms with van der Waals surface area (Å²) in [6, 6.07) is 3.55. The number of nitrogens with zero attached hydrogens (tertiary/aromatic N) is 1. The zero-order chi connectivity index (χ0) is 27.4. The molecule has 1 aliphatic carbocycles. The van der Waals surface area contributed by atoms with E-state index in [9.17, 15) is 24.5 Å². The molecule has 2 aliphatic heterocycles. The highest BCUT2D eigenvalue weighted by molar-refractivity contribution is 6.43. The fourth-order valence-electron chi connectivity index (χ4n) is 6.34. The molecule has 3 aliphatic rings. The zero-order valence-electron chi connectivity index (χ0n) is 22.2. The summed E-state index contributed by atoms with van der Waals surface area (Å²) in [6.07, 6.45) is 6.36. The Morgan fingerprint density at radius 2 is 1.95 bits per heavy atom. The fourth-order valence-corrected chi connectivity index (χ4v) is 6.34. The highest BCUT2D eigenvalue weighted by Crippen LogP contribution is 2.51. The normalized spacial score (nSPS) is 25.7. The van der Waals surface area contributed by atoms with Crippen LogP contribution in [0.2, 0.25) is 6.32 Å². The van der Waals surface area contributed by atoms with E-state index in [2.05, 4.69) is 6.92 Å². The van der Waals surface area contributed by atoms with E-state index in [1.54, 1.807) is 6.07 Å². The van der Waals surface area contributed by atoms with Gasteiger partial charge in [-0.2, -0.15) is 0 Å². The SMILES string of the molecule is CCC1=C2[C@@H](CC/C(C)=C/c3ccc(CO)o3)OB(O)C[C@@H]2[C@@H]2C(=O)N(CCCCCC(=O)O)C(=O)[C@@H]2C1. The Balaban J connectivity index is 1.47. The van der Waals surface area contributed by atoms with Gasteiger partial charge in [0.2, 0.25) is 11.8 Å². The van der Waals surface area contributed by atoms with Crippen LogP contribution in [0, 0.1) is 17.8 Å². The highest BCUT2D eigenvalue weighted by atomic mass is 16.5. The van der Waals surface area contributed by atoms with Gasteiger partial charge in [0, 0.05) is 13.0 Å². The van der Waals surface area contributed by atoms with Crippen molar-refractivity contribution >= 4 is 31.0 Å². The monoisotopic (exact) mass is 527 g/mol. The first-order chi connectivity index (χ1) is 18.2. The predicted octanol–water partition coefficient (Wildman–Crippen LogP) is 3.81. The topological polar surface area (TPSA) is 138 Å². The summed E-state index contributed by atoms with van der Waals surface area (Å²) >= 11 is 0. The molecule has 0 spiro atoms. The Morgan fingerprint density at radius 1 is 1.16 bits per heavy atom. The molecule has 2 saturated heterocycles. The van der Waals surface area contributed by atoms with Gasteiger partial charge in [0.15, 0.2) is 0 Å². The maximum Gasteiger partial charge on any atom is 0.455 e. The third-order valence-corrected chi connectivity index (χ3v) is 8.13. The van der Waals surface area contributed by atoms with Gasteiger partial charge in [-0.05, 0) is 81.5 Å². The standard InChI is InChI=1S/C28H38BNO8/c1-3-18-14-21-26(28(35)30(27(21)34)12-6-4-5-7-24(32)33)22-15-29(36)38-23(25(18)22)11-8-17(2)13-19-9-10-20(16-31)37-19/h9-10,13,21-23,26,31,36H,3-8,11-12,14-16H2,1-2H3,(H,32,33)/b17-13+/t21-,22+,23-,26-/m1/s1. The average Bonchev–Trinajstić information content (AvgIpc) is 3.43. The third kappa shape index (κ3) is 6.13. The van der Waals surface area contributed by atoms with E-state index in [1.807, 2.05) is 19.1 Å². The second kappa shape index (κ2) is 12.4. The molecule has 0 radical (unpaired) electrons.